The van der Waals surface area contributed by atoms with E-state index < -0.39 is 22.0 Å². The molecule has 1 atom stereocenters. The SMILES string of the molecule is COc1ccc(S(=O)(=O)N[C@@H](C)C(=O)NCc2nc3ccccc3s2)cc1. The lowest BCUT2D eigenvalue weighted by molar-refractivity contribution is -0.122. The van der Waals surface area contributed by atoms with Gasteiger partial charge in [-0.1, -0.05) is 12.1 Å². The van der Waals surface area contributed by atoms with Gasteiger partial charge in [0.2, 0.25) is 15.9 Å². The van der Waals surface area contributed by atoms with E-state index in [4.69, 9.17) is 4.74 Å². The smallest absolute Gasteiger partial charge is 0.241 e. The number of hydrogen-bond acceptors (Lipinski definition) is 6. The van der Waals surface area contributed by atoms with Crippen LogP contribution in [-0.4, -0.2) is 32.5 Å². The fourth-order valence-corrected chi connectivity index (χ4v) is 4.53. The number of aromatic nitrogens is 1. The molecular weight excluding hydrogens is 386 g/mol. The monoisotopic (exact) mass is 405 g/mol. The summed E-state index contributed by atoms with van der Waals surface area (Å²) >= 11 is 1.49. The van der Waals surface area contributed by atoms with E-state index in [1.807, 2.05) is 24.3 Å². The zero-order valence-electron chi connectivity index (χ0n) is 14.8. The molecule has 0 aliphatic carbocycles. The van der Waals surface area contributed by atoms with Crippen LogP contribution in [0.1, 0.15) is 11.9 Å². The van der Waals surface area contributed by atoms with Crippen molar-refractivity contribution in [3.8, 4) is 5.75 Å². The van der Waals surface area contributed by atoms with Crippen molar-refractivity contribution in [3.05, 3.63) is 53.5 Å². The number of nitrogens with zero attached hydrogens (tertiary/aromatic N) is 1. The van der Waals surface area contributed by atoms with Crippen LogP contribution in [0.25, 0.3) is 10.2 Å². The van der Waals surface area contributed by atoms with Crippen molar-refractivity contribution in [3.63, 3.8) is 0 Å². The Labute approximate surface area is 161 Å². The van der Waals surface area contributed by atoms with Gasteiger partial charge in [-0.3, -0.25) is 4.79 Å². The van der Waals surface area contributed by atoms with Crippen LogP contribution in [0, 0.1) is 0 Å². The topological polar surface area (TPSA) is 97.4 Å². The molecule has 0 aliphatic heterocycles. The second kappa shape index (κ2) is 8.03. The summed E-state index contributed by atoms with van der Waals surface area (Å²) in [4.78, 5) is 16.8. The van der Waals surface area contributed by atoms with Crippen LogP contribution in [0.4, 0.5) is 0 Å². The van der Waals surface area contributed by atoms with Crippen LogP contribution >= 0.6 is 11.3 Å². The zero-order chi connectivity index (χ0) is 19.4. The molecule has 0 saturated carbocycles. The molecule has 0 saturated heterocycles. The Bertz CT molecular complexity index is 1010. The van der Waals surface area contributed by atoms with Gasteiger partial charge in [0.25, 0.3) is 0 Å². The molecule has 1 amide bonds. The number of carbonyl (C=O) groups excluding carboxylic acids is 1. The molecule has 2 aromatic carbocycles. The molecule has 2 N–H and O–H groups in total. The summed E-state index contributed by atoms with van der Waals surface area (Å²) in [5.74, 6) is 0.127. The summed E-state index contributed by atoms with van der Waals surface area (Å²) in [7, 11) is -2.31. The molecule has 0 bridgehead atoms. The summed E-state index contributed by atoms with van der Waals surface area (Å²) in [6.45, 7) is 1.74. The lowest BCUT2D eigenvalue weighted by Gasteiger charge is -2.14. The molecule has 0 radical (unpaired) electrons. The Hall–Kier alpha value is -2.49. The molecule has 9 heteroatoms. The molecule has 0 unspecified atom stereocenters. The Kier molecular flexibility index (Phi) is 5.73. The summed E-state index contributed by atoms with van der Waals surface area (Å²) in [5, 5.41) is 3.47. The first-order valence-electron chi connectivity index (χ1n) is 8.17. The number of thiazole rings is 1. The molecular formula is C18H19N3O4S2. The van der Waals surface area contributed by atoms with E-state index >= 15 is 0 Å². The van der Waals surface area contributed by atoms with E-state index in [1.54, 1.807) is 12.1 Å². The second-order valence-corrected chi connectivity index (χ2v) is 8.64. The van der Waals surface area contributed by atoms with Gasteiger partial charge in [0.1, 0.15) is 10.8 Å². The maximum Gasteiger partial charge on any atom is 0.241 e. The summed E-state index contributed by atoms with van der Waals surface area (Å²) in [6, 6.07) is 12.7. The Morgan fingerprint density at radius 2 is 1.89 bits per heavy atom. The number of nitrogens with one attached hydrogen (secondary N) is 2. The summed E-state index contributed by atoms with van der Waals surface area (Å²) in [6.07, 6.45) is 0. The van der Waals surface area contributed by atoms with Crippen LogP contribution in [0.3, 0.4) is 0 Å². The highest BCUT2D eigenvalue weighted by molar-refractivity contribution is 7.89. The molecule has 3 rings (SSSR count). The number of ether oxygens (including phenoxy) is 1. The van der Waals surface area contributed by atoms with Gasteiger partial charge in [0.15, 0.2) is 0 Å². The Balaban J connectivity index is 1.60. The van der Waals surface area contributed by atoms with E-state index in [0.717, 1.165) is 15.2 Å². The second-order valence-electron chi connectivity index (χ2n) is 5.81. The number of para-hydroxylation sites is 1. The predicted molar refractivity (Wildman–Crippen MR) is 104 cm³/mol. The minimum absolute atomic E-state index is 0.0640. The average molecular weight is 406 g/mol. The number of rotatable bonds is 7. The molecule has 0 aliphatic rings. The van der Waals surface area contributed by atoms with Crippen molar-refractivity contribution in [1.29, 1.82) is 0 Å². The Morgan fingerprint density at radius 1 is 1.19 bits per heavy atom. The van der Waals surface area contributed by atoms with Crippen molar-refractivity contribution in [2.75, 3.05) is 7.11 Å². The lowest BCUT2D eigenvalue weighted by Crippen LogP contribution is -2.44. The number of amides is 1. The van der Waals surface area contributed by atoms with Crippen molar-refractivity contribution in [2.45, 2.75) is 24.4 Å². The minimum atomic E-state index is -3.81. The number of sulfonamides is 1. The molecule has 1 aromatic heterocycles. The van der Waals surface area contributed by atoms with Crippen molar-refractivity contribution in [2.24, 2.45) is 0 Å². The van der Waals surface area contributed by atoms with Crippen LogP contribution < -0.4 is 14.8 Å². The third kappa shape index (κ3) is 4.62. The first kappa shape index (κ1) is 19.3. The largest absolute Gasteiger partial charge is 0.497 e. The third-order valence-electron chi connectivity index (χ3n) is 3.85. The number of hydrogen-bond donors (Lipinski definition) is 2. The number of fused-ring (bicyclic) bond motifs is 1. The fourth-order valence-electron chi connectivity index (χ4n) is 2.42. The van der Waals surface area contributed by atoms with Crippen molar-refractivity contribution < 1.29 is 17.9 Å². The number of benzene rings is 2. The summed E-state index contributed by atoms with van der Waals surface area (Å²) in [5.41, 5.74) is 0.875. The highest BCUT2D eigenvalue weighted by Crippen LogP contribution is 2.21. The maximum absolute atomic E-state index is 12.4. The van der Waals surface area contributed by atoms with Gasteiger partial charge in [-0.2, -0.15) is 4.72 Å². The molecule has 142 valence electrons. The highest BCUT2D eigenvalue weighted by atomic mass is 32.2. The van der Waals surface area contributed by atoms with Gasteiger partial charge >= 0.3 is 0 Å². The van der Waals surface area contributed by atoms with Crippen LogP contribution in [0.15, 0.2) is 53.4 Å². The summed E-state index contributed by atoms with van der Waals surface area (Å²) < 4.78 is 33.2. The molecule has 0 fully saturated rings. The van der Waals surface area contributed by atoms with Crippen LogP contribution in [-0.2, 0) is 21.4 Å². The Morgan fingerprint density at radius 3 is 2.56 bits per heavy atom. The quantitative estimate of drug-likeness (QED) is 0.629. The van der Waals surface area contributed by atoms with E-state index in [9.17, 15) is 13.2 Å². The van der Waals surface area contributed by atoms with E-state index in [2.05, 4.69) is 15.0 Å². The molecule has 0 spiro atoms. The number of carbonyl (C=O) groups is 1. The van der Waals surface area contributed by atoms with Gasteiger partial charge in [-0.25, -0.2) is 13.4 Å². The lowest BCUT2D eigenvalue weighted by atomic mass is 10.3. The van der Waals surface area contributed by atoms with Crippen LogP contribution in [0.2, 0.25) is 0 Å². The molecule has 3 aromatic rings. The predicted octanol–water partition coefficient (Wildman–Crippen LogP) is 2.29. The van der Waals surface area contributed by atoms with Gasteiger partial charge in [0, 0.05) is 0 Å². The van der Waals surface area contributed by atoms with Crippen molar-refractivity contribution >= 4 is 37.5 Å². The van der Waals surface area contributed by atoms with E-state index in [-0.39, 0.29) is 11.4 Å². The average Bonchev–Trinajstić information content (AvgIpc) is 3.08. The zero-order valence-corrected chi connectivity index (χ0v) is 16.4. The standard InChI is InChI=1S/C18H19N3O4S2/c1-12(21-27(23,24)14-9-7-13(25-2)8-10-14)18(22)19-11-17-20-15-5-3-4-6-16(15)26-17/h3-10,12,21H,11H2,1-2H3,(H,19,22)/t12-/m0/s1. The molecule has 7 nitrogen and oxygen atoms in total. The first-order valence-corrected chi connectivity index (χ1v) is 10.5. The van der Waals surface area contributed by atoms with E-state index in [0.29, 0.717) is 5.75 Å². The van der Waals surface area contributed by atoms with Crippen molar-refractivity contribution in [1.82, 2.24) is 15.0 Å². The first-order chi connectivity index (χ1) is 12.9. The molecule has 27 heavy (non-hydrogen) atoms. The number of methoxy groups -OCH3 is 1. The van der Waals surface area contributed by atoms with Gasteiger partial charge < -0.3 is 10.1 Å². The molecule has 1 heterocycles. The van der Waals surface area contributed by atoms with Gasteiger partial charge in [0.05, 0.1) is 34.8 Å². The normalized spacial score (nSPS) is 12.7. The third-order valence-corrected chi connectivity index (χ3v) is 6.44. The fraction of sp³-hybridized carbons (Fsp3) is 0.222. The minimum Gasteiger partial charge on any atom is -0.497 e. The maximum atomic E-state index is 12.4. The van der Waals surface area contributed by atoms with Gasteiger partial charge in [-0.05, 0) is 43.3 Å². The van der Waals surface area contributed by atoms with Crippen LogP contribution in [0.5, 0.6) is 5.75 Å². The highest BCUT2D eigenvalue weighted by Gasteiger charge is 2.22. The van der Waals surface area contributed by atoms with Gasteiger partial charge in [-0.15, -0.1) is 11.3 Å². The van der Waals surface area contributed by atoms with E-state index in [1.165, 1.54) is 37.5 Å².